The van der Waals surface area contributed by atoms with E-state index in [1.807, 2.05) is 62.4 Å². The average molecular weight is 446 g/mol. The van der Waals surface area contributed by atoms with E-state index in [0.29, 0.717) is 16.4 Å². The summed E-state index contributed by atoms with van der Waals surface area (Å²) in [5.74, 6) is -0.718. The van der Waals surface area contributed by atoms with E-state index in [-0.39, 0.29) is 11.6 Å². The molecule has 0 amide bonds. The fourth-order valence-corrected chi connectivity index (χ4v) is 3.33. The first-order chi connectivity index (χ1) is 15.4. The molecule has 0 aliphatic heterocycles. The topological polar surface area (TPSA) is 74.1 Å². The van der Waals surface area contributed by atoms with Crippen molar-refractivity contribution in [2.75, 3.05) is 6.61 Å². The minimum Gasteiger partial charge on any atom is -0.451 e. The lowest BCUT2D eigenvalue weighted by Gasteiger charge is -2.10. The number of ether oxygens (including phenoxy) is 1. The SMILES string of the molecule is Cc1ccc(C)c(-n2nc(C(=O)OCC(=O)c3ccc(Cl)cc3)nc2-c2ccccc2)c1. The number of hydrogen-bond acceptors (Lipinski definition) is 5. The number of aryl methyl sites for hydroxylation is 2. The Morgan fingerprint density at radius 1 is 0.969 bits per heavy atom. The number of esters is 1. The molecule has 3 aromatic carbocycles. The molecule has 0 atom stereocenters. The number of nitrogens with zero attached hydrogens (tertiary/aromatic N) is 3. The molecule has 0 N–H and O–H groups in total. The van der Waals surface area contributed by atoms with Gasteiger partial charge in [0.2, 0.25) is 0 Å². The molecular weight excluding hydrogens is 426 g/mol. The Balaban J connectivity index is 1.63. The Hall–Kier alpha value is -3.77. The van der Waals surface area contributed by atoms with Gasteiger partial charge < -0.3 is 4.74 Å². The Bertz CT molecular complexity index is 1280. The first-order valence-electron chi connectivity index (χ1n) is 9.98. The Kier molecular flexibility index (Phi) is 6.14. The van der Waals surface area contributed by atoms with Crippen LogP contribution >= 0.6 is 11.6 Å². The smallest absolute Gasteiger partial charge is 0.378 e. The lowest BCUT2D eigenvalue weighted by atomic mass is 10.1. The van der Waals surface area contributed by atoms with Gasteiger partial charge in [0.25, 0.3) is 5.82 Å². The summed E-state index contributed by atoms with van der Waals surface area (Å²) in [5.41, 5.74) is 4.05. The zero-order valence-electron chi connectivity index (χ0n) is 17.6. The molecular formula is C25H20ClN3O3. The number of carbonyl (C=O) groups is 2. The van der Waals surface area contributed by atoms with Crippen LogP contribution in [0.3, 0.4) is 0 Å². The van der Waals surface area contributed by atoms with Crippen LogP contribution < -0.4 is 0 Å². The van der Waals surface area contributed by atoms with E-state index in [0.717, 1.165) is 22.4 Å². The highest BCUT2D eigenvalue weighted by molar-refractivity contribution is 6.30. The third-order valence-corrected chi connectivity index (χ3v) is 5.17. The van der Waals surface area contributed by atoms with Crippen molar-refractivity contribution in [1.29, 1.82) is 0 Å². The van der Waals surface area contributed by atoms with Gasteiger partial charge >= 0.3 is 5.97 Å². The van der Waals surface area contributed by atoms with Crippen LogP contribution in [0.4, 0.5) is 0 Å². The predicted molar refractivity (Wildman–Crippen MR) is 122 cm³/mol. The van der Waals surface area contributed by atoms with Gasteiger partial charge in [-0.05, 0) is 55.3 Å². The average Bonchev–Trinajstić information content (AvgIpc) is 3.25. The van der Waals surface area contributed by atoms with Crippen LogP contribution in [0.15, 0.2) is 72.8 Å². The van der Waals surface area contributed by atoms with Gasteiger partial charge in [0.15, 0.2) is 18.2 Å². The molecule has 1 heterocycles. The number of benzene rings is 3. The summed E-state index contributed by atoms with van der Waals surface area (Å²) < 4.78 is 6.84. The molecule has 0 spiro atoms. The fourth-order valence-electron chi connectivity index (χ4n) is 3.20. The normalized spacial score (nSPS) is 10.7. The number of aromatic nitrogens is 3. The van der Waals surface area contributed by atoms with E-state index in [4.69, 9.17) is 16.3 Å². The molecule has 0 bridgehead atoms. The molecule has 160 valence electrons. The summed E-state index contributed by atoms with van der Waals surface area (Å²) in [7, 11) is 0. The number of Topliss-reactive ketones (excluding diaryl/α,β-unsaturated/α-hetero) is 1. The summed E-state index contributed by atoms with van der Waals surface area (Å²) in [6.45, 7) is 3.53. The van der Waals surface area contributed by atoms with Crippen molar-refractivity contribution < 1.29 is 14.3 Å². The van der Waals surface area contributed by atoms with Gasteiger partial charge in [-0.25, -0.2) is 14.5 Å². The van der Waals surface area contributed by atoms with Gasteiger partial charge in [-0.1, -0.05) is 54.1 Å². The van der Waals surface area contributed by atoms with Gasteiger partial charge in [0.05, 0.1) is 5.69 Å². The van der Waals surface area contributed by atoms with Crippen LogP contribution in [0.1, 0.15) is 32.1 Å². The van der Waals surface area contributed by atoms with Crippen molar-refractivity contribution in [3.63, 3.8) is 0 Å². The van der Waals surface area contributed by atoms with E-state index in [2.05, 4.69) is 10.1 Å². The van der Waals surface area contributed by atoms with E-state index < -0.39 is 12.6 Å². The monoisotopic (exact) mass is 445 g/mol. The van der Waals surface area contributed by atoms with Crippen LogP contribution in [0.2, 0.25) is 5.02 Å². The largest absolute Gasteiger partial charge is 0.451 e. The van der Waals surface area contributed by atoms with Gasteiger partial charge in [-0.3, -0.25) is 4.79 Å². The third kappa shape index (κ3) is 4.60. The van der Waals surface area contributed by atoms with E-state index in [1.165, 1.54) is 0 Å². The molecule has 0 aliphatic carbocycles. The maximum absolute atomic E-state index is 12.7. The molecule has 0 aliphatic rings. The molecule has 0 unspecified atom stereocenters. The van der Waals surface area contributed by atoms with Crippen molar-refractivity contribution in [2.24, 2.45) is 0 Å². The first kappa shape index (κ1) is 21.5. The van der Waals surface area contributed by atoms with Crippen molar-refractivity contribution in [2.45, 2.75) is 13.8 Å². The summed E-state index contributed by atoms with van der Waals surface area (Å²) in [6, 6.07) is 21.8. The van der Waals surface area contributed by atoms with Crippen LogP contribution in [-0.2, 0) is 4.74 Å². The van der Waals surface area contributed by atoms with Crippen molar-refractivity contribution in [3.8, 4) is 17.1 Å². The highest BCUT2D eigenvalue weighted by Gasteiger charge is 2.22. The zero-order valence-corrected chi connectivity index (χ0v) is 18.3. The molecule has 4 rings (SSSR count). The highest BCUT2D eigenvalue weighted by atomic mass is 35.5. The summed E-state index contributed by atoms with van der Waals surface area (Å²) in [6.07, 6.45) is 0. The minimum atomic E-state index is -0.770. The van der Waals surface area contributed by atoms with Crippen molar-refractivity contribution in [1.82, 2.24) is 14.8 Å². The molecule has 0 radical (unpaired) electrons. The van der Waals surface area contributed by atoms with E-state index >= 15 is 0 Å². The highest BCUT2D eigenvalue weighted by Crippen LogP contribution is 2.24. The first-order valence-corrected chi connectivity index (χ1v) is 10.4. The molecule has 0 fully saturated rings. The summed E-state index contributed by atoms with van der Waals surface area (Å²) in [4.78, 5) is 29.4. The number of rotatable bonds is 6. The Morgan fingerprint density at radius 3 is 2.41 bits per heavy atom. The molecule has 6 nitrogen and oxygen atoms in total. The number of hydrogen-bond donors (Lipinski definition) is 0. The Labute approximate surface area is 190 Å². The maximum Gasteiger partial charge on any atom is 0.378 e. The third-order valence-electron chi connectivity index (χ3n) is 4.92. The standard InChI is InChI=1S/C25H20ClN3O3/c1-16-8-9-17(2)21(14-16)29-24(19-6-4-3-5-7-19)27-23(28-29)25(31)32-15-22(30)18-10-12-20(26)13-11-18/h3-14H,15H2,1-2H3. The molecule has 4 aromatic rings. The quantitative estimate of drug-likeness (QED) is 0.299. The van der Waals surface area contributed by atoms with E-state index in [1.54, 1.807) is 28.9 Å². The summed E-state index contributed by atoms with van der Waals surface area (Å²) in [5, 5.41) is 4.94. The van der Waals surface area contributed by atoms with Crippen LogP contribution in [0.25, 0.3) is 17.1 Å². The molecule has 7 heteroatoms. The van der Waals surface area contributed by atoms with Crippen LogP contribution in [-0.4, -0.2) is 33.1 Å². The molecule has 0 saturated heterocycles. The zero-order chi connectivity index (χ0) is 22.7. The second-order valence-corrected chi connectivity index (χ2v) is 7.77. The van der Waals surface area contributed by atoms with Gasteiger partial charge in [0.1, 0.15) is 0 Å². The lowest BCUT2D eigenvalue weighted by molar-refractivity contribution is 0.0462. The Morgan fingerprint density at radius 2 is 1.69 bits per heavy atom. The fraction of sp³-hybridized carbons (Fsp3) is 0.120. The van der Waals surface area contributed by atoms with E-state index in [9.17, 15) is 9.59 Å². The van der Waals surface area contributed by atoms with Crippen LogP contribution in [0.5, 0.6) is 0 Å². The predicted octanol–water partition coefficient (Wildman–Crippen LogP) is 5.24. The lowest BCUT2D eigenvalue weighted by Crippen LogP contribution is -2.15. The van der Waals surface area contributed by atoms with Crippen molar-refractivity contribution in [3.05, 3.63) is 100 Å². The minimum absolute atomic E-state index is 0.117. The van der Waals surface area contributed by atoms with Gasteiger partial charge in [0, 0.05) is 16.1 Å². The van der Waals surface area contributed by atoms with Crippen molar-refractivity contribution >= 4 is 23.4 Å². The molecule has 32 heavy (non-hydrogen) atoms. The molecule has 0 saturated carbocycles. The van der Waals surface area contributed by atoms with Gasteiger partial charge in [-0.2, -0.15) is 0 Å². The van der Waals surface area contributed by atoms with Crippen LogP contribution in [0, 0.1) is 13.8 Å². The number of halogens is 1. The second-order valence-electron chi connectivity index (χ2n) is 7.33. The summed E-state index contributed by atoms with van der Waals surface area (Å²) >= 11 is 5.85. The second kappa shape index (κ2) is 9.16. The molecule has 1 aromatic heterocycles. The number of carbonyl (C=O) groups excluding carboxylic acids is 2. The number of ketones is 1. The van der Waals surface area contributed by atoms with Gasteiger partial charge in [-0.15, -0.1) is 5.10 Å². The maximum atomic E-state index is 12.7.